The molecule has 6 aromatic carbocycles. The van der Waals surface area contributed by atoms with Crippen LogP contribution in [-0.4, -0.2) is 16.2 Å². The Morgan fingerprint density at radius 2 is 1.17 bits per heavy atom. The van der Waals surface area contributed by atoms with E-state index < -0.39 is 0 Å². The molecule has 324 valence electrons. The Morgan fingerprint density at radius 3 is 1.88 bits per heavy atom. The summed E-state index contributed by atoms with van der Waals surface area (Å²) in [7, 11) is 0. The molecule has 1 aliphatic heterocycles. The molecule has 8 aromatic rings. The summed E-state index contributed by atoms with van der Waals surface area (Å²) in [4.78, 5) is 9.81. The van der Waals surface area contributed by atoms with Crippen LogP contribution in [0.5, 0.6) is 11.5 Å². The quantitative estimate of drug-likeness (QED) is 0.153. The van der Waals surface area contributed by atoms with Gasteiger partial charge in [-0.05, 0) is 105 Å². The van der Waals surface area contributed by atoms with Gasteiger partial charge in [0.2, 0.25) is 0 Å². The molecule has 9 rings (SSSR count). The van der Waals surface area contributed by atoms with Gasteiger partial charge in [-0.25, -0.2) is 4.98 Å². The Bertz CT molecular complexity index is 3030. The summed E-state index contributed by atoms with van der Waals surface area (Å²) in [5, 5.41) is 2.35. The van der Waals surface area contributed by atoms with Crippen LogP contribution in [0.15, 0.2) is 170 Å². The number of hydrogen-bond acceptors (Lipinski definition) is 4. The Kier molecular flexibility index (Phi) is 10.6. The van der Waals surface area contributed by atoms with Gasteiger partial charge in [-0.15, -0.1) is 0 Å². The number of pyridine rings is 1. The zero-order valence-corrected chi connectivity index (χ0v) is 39.5. The highest BCUT2D eigenvalue weighted by molar-refractivity contribution is 6.10. The van der Waals surface area contributed by atoms with Crippen LogP contribution in [0.1, 0.15) is 98.4 Å². The van der Waals surface area contributed by atoms with Crippen molar-refractivity contribution in [1.82, 2.24) is 9.55 Å². The molecule has 0 saturated heterocycles. The van der Waals surface area contributed by atoms with Gasteiger partial charge in [-0.1, -0.05) is 155 Å². The molecule has 0 amide bonds. The van der Waals surface area contributed by atoms with Crippen LogP contribution in [0.4, 0.5) is 11.4 Å². The average Bonchev–Trinajstić information content (AvgIpc) is 3.87. The number of benzene rings is 6. The van der Waals surface area contributed by atoms with Crippen molar-refractivity contribution in [1.29, 1.82) is 0 Å². The fourth-order valence-corrected chi connectivity index (χ4v) is 9.05. The Hall–Kier alpha value is -6.59. The van der Waals surface area contributed by atoms with Crippen molar-refractivity contribution in [2.45, 2.75) is 92.4 Å². The Labute approximate surface area is 380 Å². The first-order chi connectivity index (χ1) is 30.3. The summed E-state index contributed by atoms with van der Waals surface area (Å²) in [6, 6.07) is 54.9. The minimum Gasteiger partial charge on any atom is -0.457 e. The van der Waals surface area contributed by atoms with Crippen molar-refractivity contribution in [2.24, 2.45) is 5.41 Å². The Morgan fingerprint density at radius 1 is 0.469 bits per heavy atom. The van der Waals surface area contributed by atoms with E-state index in [1.807, 2.05) is 6.20 Å². The third-order valence-corrected chi connectivity index (χ3v) is 13.0. The summed E-state index contributed by atoms with van der Waals surface area (Å²) >= 11 is 0. The second kappa shape index (κ2) is 15.9. The highest BCUT2D eigenvalue weighted by Crippen LogP contribution is 2.43. The summed E-state index contributed by atoms with van der Waals surface area (Å²) < 4.78 is 9.12. The largest absolute Gasteiger partial charge is 0.457 e. The lowest BCUT2D eigenvalue weighted by Crippen LogP contribution is -2.31. The number of fused-ring (bicyclic) bond motifs is 3. The van der Waals surface area contributed by atoms with Crippen molar-refractivity contribution >= 4 is 33.2 Å². The second-order valence-corrected chi connectivity index (χ2v) is 21.2. The van der Waals surface area contributed by atoms with Gasteiger partial charge in [0.1, 0.15) is 17.3 Å². The molecule has 1 aliphatic rings. The predicted molar refractivity (Wildman–Crippen MR) is 270 cm³/mol. The third-order valence-electron chi connectivity index (χ3n) is 13.0. The molecule has 0 aliphatic carbocycles. The van der Waals surface area contributed by atoms with E-state index in [2.05, 4.69) is 248 Å². The van der Waals surface area contributed by atoms with Crippen LogP contribution in [0, 0.1) is 5.41 Å². The van der Waals surface area contributed by atoms with Gasteiger partial charge in [0, 0.05) is 63.2 Å². The van der Waals surface area contributed by atoms with Gasteiger partial charge in [-0.3, -0.25) is 4.57 Å². The summed E-state index contributed by atoms with van der Waals surface area (Å²) in [6.45, 7) is 25.9. The van der Waals surface area contributed by atoms with E-state index in [1.54, 1.807) is 0 Å². The van der Waals surface area contributed by atoms with E-state index >= 15 is 0 Å². The van der Waals surface area contributed by atoms with Crippen LogP contribution in [0.25, 0.3) is 38.8 Å². The number of nitrogens with zero attached hydrogens (tertiary/aromatic N) is 4. The zero-order chi connectivity index (χ0) is 45.2. The second-order valence-electron chi connectivity index (χ2n) is 21.2. The maximum atomic E-state index is 6.82. The summed E-state index contributed by atoms with van der Waals surface area (Å²) in [6.07, 6.45) is 4.26. The standard InChI is InChI=1S/C59H62N4O/c1-56(2,3)43-29-30-60-55(35-43)63-52-28-25-44(59(10,11)42-21-16-13-17-22-42)34-51(52)50-27-26-49(37-53(50)63)64-48-24-18-23-46(36-48)61-38-54(58(7,8)9)62(39-61)47-32-41(40-19-14-12-15-20-40)31-45(33-47)57(4,5)6/h12-38H,39H2,1-11H3. The van der Waals surface area contributed by atoms with Crippen molar-refractivity contribution in [2.75, 3.05) is 16.5 Å². The van der Waals surface area contributed by atoms with Crippen molar-refractivity contribution in [3.05, 3.63) is 192 Å². The number of hydrogen-bond donors (Lipinski definition) is 0. The van der Waals surface area contributed by atoms with E-state index in [9.17, 15) is 0 Å². The fourth-order valence-electron chi connectivity index (χ4n) is 9.05. The number of anilines is 2. The molecule has 2 aromatic heterocycles. The zero-order valence-electron chi connectivity index (χ0n) is 39.5. The van der Waals surface area contributed by atoms with Crippen LogP contribution in [0.2, 0.25) is 0 Å². The molecule has 5 heteroatoms. The molecule has 64 heavy (non-hydrogen) atoms. The van der Waals surface area contributed by atoms with Gasteiger partial charge >= 0.3 is 0 Å². The Balaban J connectivity index is 1.09. The van der Waals surface area contributed by atoms with Gasteiger partial charge in [0.25, 0.3) is 0 Å². The number of ether oxygens (including phenoxy) is 1. The summed E-state index contributed by atoms with van der Waals surface area (Å²) in [5.74, 6) is 2.45. The SMILES string of the molecule is CC(C)(C)C1=CN(c2cccc(Oc3ccc4c5cc(C(C)(C)c6ccccc6)ccc5n(-c5cc(C(C)(C)C)ccn5)c4c3)c2)CN1c1cc(-c2ccccc2)cc(C(C)(C)C)c1. The number of rotatable bonds is 8. The molecule has 0 bridgehead atoms. The molecule has 0 N–H and O–H groups in total. The molecule has 0 saturated carbocycles. The molecule has 0 unspecified atom stereocenters. The van der Waals surface area contributed by atoms with E-state index in [-0.39, 0.29) is 21.7 Å². The van der Waals surface area contributed by atoms with Gasteiger partial charge < -0.3 is 14.5 Å². The van der Waals surface area contributed by atoms with Gasteiger partial charge in [0.05, 0.1) is 17.7 Å². The van der Waals surface area contributed by atoms with Crippen LogP contribution < -0.4 is 14.5 Å². The molecule has 0 spiro atoms. The molecule has 0 radical (unpaired) electrons. The minimum atomic E-state index is -0.181. The molecule has 0 atom stereocenters. The lowest BCUT2D eigenvalue weighted by Gasteiger charge is -2.32. The van der Waals surface area contributed by atoms with E-state index in [0.29, 0.717) is 6.67 Å². The minimum absolute atomic E-state index is 0.0111. The first-order valence-electron chi connectivity index (χ1n) is 22.7. The topological polar surface area (TPSA) is 33.5 Å². The number of aromatic nitrogens is 2. The maximum Gasteiger partial charge on any atom is 0.137 e. The molecule has 5 nitrogen and oxygen atoms in total. The molecule has 0 fully saturated rings. The first-order valence-corrected chi connectivity index (χ1v) is 22.7. The maximum absolute atomic E-state index is 6.82. The molecular formula is C59H62N4O. The van der Waals surface area contributed by atoms with E-state index in [4.69, 9.17) is 9.72 Å². The lowest BCUT2D eigenvalue weighted by atomic mass is 9.78. The highest BCUT2D eigenvalue weighted by atomic mass is 16.5. The number of allylic oxidation sites excluding steroid dienone is 1. The predicted octanol–water partition coefficient (Wildman–Crippen LogP) is 15.7. The molecular weight excluding hydrogens is 781 g/mol. The molecule has 3 heterocycles. The lowest BCUT2D eigenvalue weighted by molar-refractivity contribution is 0.483. The fraction of sp³-hybridized carbons (Fsp3) is 0.271. The highest BCUT2D eigenvalue weighted by Gasteiger charge is 2.33. The van der Waals surface area contributed by atoms with Crippen molar-refractivity contribution < 1.29 is 4.74 Å². The normalized spacial score (nSPS) is 13.8. The van der Waals surface area contributed by atoms with Gasteiger partial charge in [0.15, 0.2) is 0 Å². The van der Waals surface area contributed by atoms with Crippen LogP contribution in [0.3, 0.4) is 0 Å². The third kappa shape index (κ3) is 8.20. The van der Waals surface area contributed by atoms with E-state index in [0.717, 1.165) is 39.4 Å². The monoisotopic (exact) mass is 842 g/mol. The average molecular weight is 843 g/mol. The van der Waals surface area contributed by atoms with Crippen LogP contribution in [-0.2, 0) is 16.2 Å². The van der Waals surface area contributed by atoms with Crippen molar-refractivity contribution in [3.63, 3.8) is 0 Å². The van der Waals surface area contributed by atoms with Crippen molar-refractivity contribution in [3.8, 4) is 28.4 Å². The first kappa shape index (κ1) is 42.7. The smallest absolute Gasteiger partial charge is 0.137 e. The summed E-state index contributed by atoms with van der Waals surface area (Å²) in [5.41, 5.74) is 12.9. The van der Waals surface area contributed by atoms with E-state index in [1.165, 1.54) is 50.2 Å². The van der Waals surface area contributed by atoms with Crippen LogP contribution >= 0.6 is 0 Å². The van der Waals surface area contributed by atoms with Gasteiger partial charge in [-0.2, -0.15) is 0 Å².